The Balaban J connectivity index is 2.38. The van der Waals surface area contributed by atoms with Gasteiger partial charge in [0.25, 0.3) is 0 Å². The summed E-state index contributed by atoms with van der Waals surface area (Å²) in [5.74, 6) is 3.82. The zero-order valence-electron chi connectivity index (χ0n) is 9.69. The molecule has 1 unspecified atom stereocenters. The fourth-order valence-corrected chi connectivity index (χ4v) is 1.65. The second-order valence-corrected chi connectivity index (χ2v) is 3.86. The largest absolute Gasteiger partial charge is 0.366 e. The van der Waals surface area contributed by atoms with E-state index >= 15 is 0 Å². The van der Waals surface area contributed by atoms with Gasteiger partial charge in [-0.25, -0.2) is 19.3 Å². The standard InChI is InChI=1S/C11H13N5O/c1-4-5-7(2)12-9-6-10-14-15-11(17)16(10)8(3)13-9/h1,6-7,12H,5H2,2-3H3,(H,15,17). The molecule has 0 fully saturated rings. The molecule has 2 heterocycles. The van der Waals surface area contributed by atoms with E-state index in [2.05, 4.69) is 26.4 Å². The Kier molecular flexibility index (Phi) is 2.83. The van der Waals surface area contributed by atoms with Crippen LogP contribution in [0.2, 0.25) is 0 Å². The summed E-state index contributed by atoms with van der Waals surface area (Å²) in [6.07, 6.45) is 5.84. The van der Waals surface area contributed by atoms with Crippen LogP contribution >= 0.6 is 0 Å². The molecule has 0 spiro atoms. The molecule has 1 atom stereocenters. The first kappa shape index (κ1) is 11.2. The number of rotatable bonds is 3. The molecule has 0 amide bonds. The van der Waals surface area contributed by atoms with E-state index in [9.17, 15) is 4.79 Å². The third-order valence-electron chi connectivity index (χ3n) is 2.39. The normalized spacial score (nSPS) is 12.3. The number of aryl methyl sites for hydroxylation is 1. The molecule has 0 aliphatic heterocycles. The number of hydrogen-bond acceptors (Lipinski definition) is 4. The molecule has 17 heavy (non-hydrogen) atoms. The maximum atomic E-state index is 11.4. The number of nitrogens with one attached hydrogen (secondary N) is 2. The zero-order valence-corrected chi connectivity index (χ0v) is 9.69. The van der Waals surface area contributed by atoms with Gasteiger partial charge in [0.15, 0.2) is 5.65 Å². The maximum Gasteiger partial charge on any atom is 0.349 e. The van der Waals surface area contributed by atoms with Crippen LogP contribution in [0.15, 0.2) is 10.9 Å². The molecule has 2 aromatic heterocycles. The number of nitrogens with zero attached hydrogens (tertiary/aromatic N) is 3. The monoisotopic (exact) mass is 231 g/mol. The van der Waals surface area contributed by atoms with Crippen LogP contribution in [0.25, 0.3) is 5.65 Å². The van der Waals surface area contributed by atoms with Gasteiger partial charge in [0.05, 0.1) is 0 Å². The first-order valence-electron chi connectivity index (χ1n) is 5.26. The number of aromatic amines is 1. The first-order chi connectivity index (χ1) is 8.11. The molecule has 0 aliphatic carbocycles. The van der Waals surface area contributed by atoms with Gasteiger partial charge in [-0.15, -0.1) is 12.3 Å². The van der Waals surface area contributed by atoms with E-state index in [0.29, 0.717) is 23.7 Å². The van der Waals surface area contributed by atoms with Gasteiger partial charge in [0, 0.05) is 18.5 Å². The van der Waals surface area contributed by atoms with Crippen LogP contribution in [0.5, 0.6) is 0 Å². The van der Waals surface area contributed by atoms with Crippen molar-refractivity contribution < 1.29 is 0 Å². The molecule has 88 valence electrons. The smallest absolute Gasteiger partial charge is 0.349 e. The van der Waals surface area contributed by atoms with Crippen LogP contribution in [0.3, 0.4) is 0 Å². The molecule has 0 bridgehead atoms. The second kappa shape index (κ2) is 4.29. The van der Waals surface area contributed by atoms with Crippen molar-refractivity contribution in [2.45, 2.75) is 26.3 Å². The summed E-state index contributed by atoms with van der Waals surface area (Å²) < 4.78 is 1.41. The van der Waals surface area contributed by atoms with Crippen molar-refractivity contribution in [1.82, 2.24) is 19.6 Å². The SMILES string of the molecule is C#CCC(C)Nc1cc2n[nH]c(=O)n2c(C)n1. The minimum absolute atomic E-state index is 0.125. The van der Waals surface area contributed by atoms with Crippen molar-refractivity contribution in [2.24, 2.45) is 0 Å². The number of hydrogen-bond donors (Lipinski definition) is 2. The van der Waals surface area contributed by atoms with Crippen molar-refractivity contribution in [3.63, 3.8) is 0 Å². The lowest BCUT2D eigenvalue weighted by Gasteiger charge is -2.12. The number of anilines is 1. The minimum Gasteiger partial charge on any atom is -0.366 e. The Morgan fingerprint density at radius 1 is 1.71 bits per heavy atom. The summed E-state index contributed by atoms with van der Waals surface area (Å²) in [4.78, 5) is 15.7. The van der Waals surface area contributed by atoms with Crippen LogP contribution in [0.1, 0.15) is 19.2 Å². The number of terminal acetylenes is 1. The average molecular weight is 231 g/mol. The van der Waals surface area contributed by atoms with Gasteiger partial charge < -0.3 is 5.32 Å². The van der Waals surface area contributed by atoms with Crippen LogP contribution in [0, 0.1) is 19.3 Å². The van der Waals surface area contributed by atoms with E-state index in [-0.39, 0.29) is 11.7 Å². The van der Waals surface area contributed by atoms with Gasteiger partial charge in [0.2, 0.25) is 0 Å². The van der Waals surface area contributed by atoms with E-state index in [0.717, 1.165) is 0 Å². The van der Waals surface area contributed by atoms with E-state index in [4.69, 9.17) is 6.42 Å². The summed E-state index contributed by atoms with van der Waals surface area (Å²) in [6.45, 7) is 3.72. The van der Waals surface area contributed by atoms with Crippen LogP contribution in [0.4, 0.5) is 5.82 Å². The summed E-state index contributed by atoms with van der Waals surface area (Å²) >= 11 is 0. The van der Waals surface area contributed by atoms with E-state index in [1.165, 1.54) is 4.40 Å². The molecule has 0 saturated carbocycles. The maximum absolute atomic E-state index is 11.4. The molecular formula is C11H13N5O. The van der Waals surface area contributed by atoms with Crippen LogP contribution in [-0.2, 0) is 0 Å². The summed E-state index contributed by atoms with van der Waals surface area (Å²) in [7, 11) is 0. The Bertz CT molecular complexity index is 633. The van der Waals surface area contributed by atoms with E-state index in [1.807, 2.05) is 6.92 Å². The van der Waals surface area contributed by atoms with Crippen LogP contribution in [-0.4, -0.2) is 25.6 Å². The molecule has 6 heteroatoms. The third kappa shape index (κ3) is 2.13. The summed E-state index contributed by atoms with van der Waals surface area (Å²) in [5, 5.41) is 9.44. The summed E-state index contributed by atoms with van der Waals surface area (Å²) in [5.41, 5.74) is 0.256. The third-order valence-corrected chi connectivity index (χ3v) is 2.39. The predicted octanol–water partition coefficient (Wildman–Crippen LogP) is 0.550. The van der Waals surface area contributed by atoms with E-state index < -0.39 is 0 Å². The van der Waals surface area contributed by atoms with Gasteiger partial charge in [-0.3, -0.25) is 0 Å². The molecule has 2 rings (SSSR count). The Morgan fingerprint density at radius 2 is 2.47 bits per heavy atom. The zero-order chi connectivity index (χ0) is 12.4. The van der Waals surface area contributed by atoms with Gasteiger partial charge in [-0.05, 0) is 13.8 Å². The number of aromatic nitrogens is 4. The van der Waals surface area contributed by atoms with Crippen molar-refractivity contribution in [3.05, 3.63) is 22.4 Å². The van der Waals surface area contributed by atoms with Gasteiger partial charge >= 0.3 is 5.69 Å². The fraction of sp³-hybridized carbons (Fsp3) is 0.364. The van der Waals surface area contributed by atoms with Crippen molar-refractivity contribution in [1.29, 1.82) is 0 Å². The van der Waals surface area contributed by atoms with Crippen molar-refractivity contribution in [2.75, 3.05) is 5.32 Å². The topological polar surface area (TPSA) is 75.1 Å². The molecule has 0 aliphatic rings. The van der Waals surface area contributed by atoms with Gasteiger partial charge in [0.1, 0.15) is 11.6 Å². The lowest BCUT2D eigenvalue weighted by molar-refractivity contribution is 0.815. The fourth-order valence-electron chi connectivity index (χ4n) is 1.65. The number of fused-ring (bicyclic) bond motifs is 1. The lowest BCUT2D eigenvalue weighted by atomic mass is 10.2. The van der Waals surface area contributed by atoms with Crippen molar-refractivity contribution >= 4 is 11.5 Å². The molecule has 2 N–H and O–H groups in total. The number of H-pyrrole nitrogens is 1. The van der Waals surface area contributed by atoms with Crippen molar-refractivity contribution in [3.8, 4) is 12.3 Å². The molecule has 0 aromatic carbocycles. The molecular weight excluding hydrogens is 218 g/mol. The highest BCUT2D eigenvalue weighted by molar-refractivity contribution is 5.50. The molecule has 2 aromatic rings. The first-order valence-corrected chi connectivity index (χ1v) is 5.26. The Morgan fingerprint density at radius 3 is 3.18 bits per heavy atom. The molecule has 0 radical (unpaired) electrons. The predicted molar refractivity (Wildman–Crippen MR) is 64.9 cm³/mol. The Labute approximate surface area is 98.1 Å². The molecule has 0 saturated heterocycles. The second-order valence-electron chi connectivity index (χ2n) is 3.86. The lowest BCUT2D eigenvalue weighted by Crippen LogP contribution is -2.18. The minimum atomic E-state index is -0.284. The highest BCUT2D eigenvalue weighted by Gasteiger charge is 2.08. The highest BCUT2D eigenvalue weighted by Crippen LogP contribution is 2.09. The quantitative estimate of drug-likeness (QED) is 0.756. The molecule has 6 nitrogen and oxygen atoms in total. The van der Waals surface area contributed by atoms with E-state index in [1.54, 1.807) is 13.0 Å². The average Bonchev–Trinajstić information content (AvgIpc) is 2.60. The van der Waals surface area contributed by atoms with Gasteiger partial charge in [-0.2, -0.15) is 5.10 Å². The summed E-state index contributed by atoms with van der Waals surface area (Å²) in [6, 6.07) is 1.83. The van der Waals surface area contributed by atoms with Gasteiger partial charge in [-0.1, -0.05) is 0 Å². The van der Waals surface area contributed by atoms with Crippen LogP contribution < -0.4 is 11.0 Å². The highest BCUT2D eigenvalue weighted by atomic mass is 16.1. The Hall–Kier alpha value is -2.29.